The fraction of sp³-hybridized carbons (Fsp3) is 0.167. The van der Waals surface area contributed by atoms with E-state index in [4.69, 9.17) is 14.2 Å². The maximum Gasteiger partial charge on any atom is 0.326 e. The van der Waals surface area contributed by atoms with E-state index < -0.39 is 0 Å². The standard InChI is InChI=1S/C30H28N2O4/c1-34-26-7-3-5-22(15-26)18-32-29-14-13-25(17-28(29)31-30(32)33)24-11-9-21(10-12-24)19-36-20-23-6-4-8-27(16-23)35-2/h3-17H,18-20H2,1-2H3,(H,31,33). The number of benzene rings is 4. The number of nitrogens with zero attached hydrogens (tertiary/aromatic N) is 1. The molecule has 1 heterocycles. The zero-order valence-electron chi connectivity index (χ0n) is 20.4. The Morgan fingerprint density at radius 1 is 0.694 bits per heavy atom. The first kappa shape index (κ1) is 23.5. The van der Waals surface area contributed by atoms with Crippen molar-refractivity contribution in [1.82, 2.24) is 9.55 Å². The number of rotatable bonds is 9. The molecule has 0 atom stereocenters. The summed E-state index contributed by atoms with van der Waals surface area (Å²) in [4.78, 5) is 15.7. The van der Waals surface area contributed by atoms with Crippen molar-refractivity contribution in [2.45, 2.75) is 19.8 Å². The summed E-state index contributed by atoms with van der Waals surface area (Å²) in [5.74, 6) is 1.60. The summed E-state index contributed by atoms with van der Waals surface area (Å²) in [5, 5.41) is 0. The van der Waals surface area contributed by atoms with Crippen LogP contribution in [0.4, 0.5) is 0 Å². The van der Waals surface area contributed by atoms with E-state index in [9.17, 15) is 4.79 Å². The maximum absolute atomic E-state index is 12.7. The third kappa shape index (κ3) is 5.19. The van der Waals surface area contributed by atoms with Crippen LogP contribution in [0.3, 0.4) is 0 Å². The van der Waals surface area contributed by atoms with Gasteiger partial charge in [-0.05, 0) is 64.2 Å². The minimum absolute atomic E-state index is 0.131. The monoisotopic (exact) mass is 480 g/mol. The van der Waals surface area contributed by atoms with Gasteiger partial charge in [0.1, 0.15) is 11.5 Å². The van der Waals surface area contributed by atoms with Gasteiger partial charge in [0.2, 0.25) is 0 Å². The number of hydrogen-bond donors (Lipinski definition) is 1. The van der Waals surface area contributed by atoms with Crippen molar-refractivity contribution in [3.63, 3.8) is 0 Å². The Labute approximate surface area is 209 Å². The van der Waals surface area contributed by atoms with Gasteiger partial charge in [-0.3, -0.25) is 4.57 Å². The second-order valence-electron chi connectivity index (χ2n) is 8.64. The first-order valence-electron chi connectivity index (χ1n) is 11.8. The molecule has 5 aromatic rings. The number of fused-ring (bicyclic) bond motifs is 1. The van der Waals surface area contributed by atoms with Crippen LogP contribution < -0.4 is 15.2 Å². The molecule has 0 spiro atoms. The molecule has 5 rings (SSSR count). The molecule has 0 bridgehead atoms. The number of imidazole rings is 1. The highest BCUT2D eigenvalue weighted by Gasteiger charge is 2.10. The third-order valence-corrected chi connectivity index (χ3v) is 6.21. The van der Waals surface area contributed by atoms with E-state index in [0.717, 1.165) is 50.3 Å². The molecule has 36 heavy (non-hydrogen) atoms. The van der Waals surface area contributed by atoms with Crippen LogP contribution in [0.5, 0.6) is 11.5 Å². The van der Waals surface area contributed by atoms with Gasteiger partial charge in [-0.2, -0.15) is 0 Å². The van der Waals surface area contributed by atoms with Crippen molar-refractivity contribution in [1.29, 1.82) is 0 Å². The second kappa shape index (κ2) is 10.5. The fourth-order valence-corrected chi connectivity index (χ4v) is 4.30. The molecule has 1 N–H and O–H groups in total. The van der Waals surface area contributed by atoms with Crippen molar-refractivity contribution in [2.24, 2.45) is 0 Å². The summed E-state index contributed by atoms with van der Waals surface area (Å²) in [6.07, 6.45) is 0. The van der Waals surface area contributed by atoms with E-state index in [1.54, 1.807) is 18.8 Å². The number of methoxy groups -OCH3 is 2. The number of aromatic nitrogens is 2. The van der Waals surface area contributed by atoms with E-state index in [1.165, 1.54) is 0 Å². The summed E-state index contributed by atoms with van der Waals surface area (Å²) >= 11 is 0. The largest absolute Gasteiger partial charge is 0.497 e. The van der Waals surface area contributed by atoms with Crippen LogP contribution in [0, 0.1) is 0 Å². The zero-order chi connectivity index (χ0) is 24.9. The number of hydrogen-bond acceptors (Lipinski definition) is 4. The van der Waals surface area contributed by atoms with Crippen LogP contribution in [0.1, 0.15) is 16.7 Å². The lowest BCUT2D eigenvalue weighted by atomic mass is 10.0. The Hall–Kier alpha value is -4.29. The van der Waals surface area contributed by atoms with E-state index in [0.29, 0.717) is 19.8 Å². The molecule has 0 aliphatic rings. The highest BCUT2D eigenvalue weighted by atomic mass is 16.5. The number of aromatic amines is 1. The van der Waals surface area contributed by atoms with E-state index in [-0.39, 0.29) is 5.69 Å². The second-order valence-corrected chi connectivity index (χ2v) is 8.64. The molecule has 0 aliphatic heterocycles. The lowest BCUT2D eigenvalue weighted by molar-refractivity contribution is 0.107. The molecule has 6 nitrogen and oxygen atoms in total. The Morgan fingerprint density at radius 3 is 2.06 bits per heavy atom. The molecule has 1 aromatic heterocycles. The number of nitrogens with one attached hydrogen (secondary N) is 1. The molecule has 0 radical (unpaired) electrons. The summed E-state index contributed by atoms with van der Waals surface area (Å²) in [5.41, 5.74) is 6.85. The molecular formula is C30H28N2O4. The van der Waals surface area contributed by atoms with Crippen LogP contribution in [0.15, 0.2) is 95.8 Å². The van der Waals surface area contributed by atoms with Crippen LogP contribution in [-0.2, 0) is 24.5 Å². The van der Waals surface area contributed by atoms with Gasteiger partial charge in [-0.1, -0.05) is 54.6 Å². The van der Waals surface area contributed by atoms with E-state index in [2.05, 4.69) is 29.2 Å². The van der Waals surface area contributed by atoms with Gasteiger partial charge >= 0.3 is 5.69 Å². The molecule has 0 saturated carbocycles. The first-order chi connectivity index (χ1) is 17.6. The quantitative estimate of drug-likeness (QED) is 0.291. The highest BCUT2D eigenvalue weighted by molar-refractivity contribution is 5.82. The minimum atomic E-state index is -0.131. The van der Waals surface area contributed by atoms with Crippen molar-refractivity contribution >= 4 is 11.0 Å². The molecule has 0 unspecified atom stereocenters. The van der Waals surface area contributed by atoms with Crippen LogP contribution in [0.25, 0.3) is 22.2 Å². The predicted molar refractivity (Wildman–Crippen MR) is 142 cm³/mol. The topological polar surface area (TPSA) is 65.5 Å². The molecule has 0 aliphatic carbocycles. The van der Waals surface area contributed by atoms with Crippen LogP contribution >= 0.6 is 0 Å². The number of ether oxygens (including phenoxy) is 3. The molecule has 6 heteroatoms. The van der Waals surface area contributed by atoms with Crippen LogP contribution in [0.2, 0.25) is 0 Å². The van der Waals surface area contributed by atoms with Crippen molar-refractivity contribution in [3.8, 4) is 22.6 Å². The average Bonchev–Trinajstić information content (AvgIpc) is 3.23. The van der Waals surface area contributed by atoms with Gasteiger partial charge in [-0.25, -0.2) is 4.79 Å². The normalized spacial score (nSPS) is 11.1. The van der Waals surface area contributed by atoms with E-state index >= 15 is 0 Å². The Kier molecular flexibility index (Phi) is 6.87. The maximum atomic E-state index is 12.7. The summed E-state index contributed by atoms with van der Waals surface area (Å²) in [6.45, 7) is 1.52. The highest BCUT2D eigenvalue weighted by Crippen LogP contribution is 2.25. The summed E-state index contributed by atoms with van der Waals surface area (Å²) in [6, 6.07) is 30.0. The van der Waals surface area contributed by atoms with Gasteiger partial charge in [0.15, 0.2) is 0 Å². The SMILES string of the molecule is COc1cccc(COCc2ccc(-c3ccc4c(c3)[nH]c(=O)n4Cc3cccc(OC)c3)cc2)c1. The fourth-order valence-electron chi connectivity index (χ4n) is 4.30. The summed E-state index contributed by atoms with van der Waals surface area (Å²) < 4.78 is 18.2. The lowest BCUT2D eigenvalue weighted by Gasteiger charge is -2.08. The Morgan fingerprint density at radius 2 is 1.33 bits per heavy atom. The lowest BCUT2D eigenvalue weighted by Crippen LogP contribution is -2.17. The van der Waals surface area contributed by atoms with Gasteiger partial charge in [0.05, 0.1) is 45.0 Å². The molecule has 0 fully saturated rings. The van der Waals surface area contributed by atoms with Gasteiger partial charge < -0.3 is 19.2 Å². The zero-order valence-corrected chi connectivity index (χ0v) is 20.4. The van der Waals surface area contributed by atoms with Crippen molar-refractivity contribution in [3.05, 3.63) is 118 Å². The minimum Gasteiger partial charge on any atom is -0.497 e. The van der Waals surface area contributed by atoms with Crippen molar-refractivity contribution in [2.75, 3.05) is 14.2 Å². The molecule has 182 valence electrons. The molecule has 4 aromatic carbocycles. The number of H-pyrrole nitrogens is 1. The van der Waals surface area contributed by atoms with Gasteiger partial charge in [-0.15, -0.1) is 0 Å². The third-order valence-electron chi connectivity index (χ3n) is 6.21. The average molecular weight is 481 g/mol. The molecule has 0 amide bonds. The predicted octanol–water partition coefficient (Wildman–Crippen LogP) is 5.78. The van der Waals surface area contributed by atoms with E-state index in [1.807, 2.05) is 66.7 Å². The van der Waals surface area contributed by atoms with Gasteiger partial charge in [0, 0.05) is 0 Å². The van der Waals surface area contributed by atoms with Crippen LogP contribution in [-0.4, -0.2) is 23.8 Å². The molecule has 0 saturated heterocycles. The smallest absolute Gasteiger partial charge is 0.326 e. The Balaban J connectivity index is 1.28. The van der Waals surface area contributed by atoms with Crippen molar-refractivity contribution < 1.29 is 14.2 Å². The Bertz CT molecular complexity index is 1530. The van der Waals surface area contributed by atoms with Gasteiger partial charge in [0.25, 0.3) is 0 Å². The summed E-state index contributed by atoms with van der Waals surface area (Å²) in [7, 11) is 3.30. The molecular weight excluding hydrogens is 452 g/mol. The first-order valence-corrected chi connectivity index (χ1v) is 11.8.